The Morgan fingerprint density at radius 3 is 2.67 bits per heavy atom. The first-order chi connectivity index (χ1) is 18.9. The number of hydrogen-bond acceptors (Lipinski definition) is 6. The van der Waals surface area contributed by atoms with E-state index in [0.717, 1.165) is 78.0 Å². The molecule has 3 heterocycles. The molecule has 0 bridgehead atoms. The number of halogens is 1. The predicted molar refractivity (Wildman–Crippen MR) is 145 cm³/mol. The van der Waals surface area contributed by atoms with Gasteiger partial charge in [0.25, 0.3) is 0 Å². The summed E-state index contributed by atoms with van der Waals surface area (Å²) in [7, 11) is 0. The van der Waals surface area contributed by atoms with Crippen LogP contribution in [-0.4, -0.2) is 42.0 Å². The highest BCUT2D eigenvalue weighted by Crippen LogP contribution is 2.44. The number of nitrogens with one attached hydrogen (secondary N) is 1. The molecule has 2 aromatic carbocycles. The van der Waals surface area contributed by atoms with Crippen molar-refractivity contribution >= 4 is 11.8 Å². The number of carboxylic acids is 1. The fraction of sp³-hybridized carbons (Fsp3) is 0.419. The van der Waals surface area contributed by atoms with Crippen LogP contribution in [0.4, 0.5) is 10.2 Å². The molecular weight excluding hydrogens is 499 g/mol. The number of anilines is 1. The van der Waals surface area contributed by atoms with Crippen LogP contribution in [0.5, 0.6) is 11.5 Å². The Hall–Kier alpha value is -3.65. The number of aliphatic carboxylic acids is 1. The highest BCUT2D eigenvalue weighted by Gasteiger charge is 2.31. The van der Waals surface area contributed by atoms with Crippen molar-refractivity contribution in [2.45, 2.75) is 64.0 Å². The second kappa shape index (κ2) is 10.5. The fourth-order valence-electron chi connectivity index (χ4n) is 6.29. The standard InChI is InChI=1S/C31H33FN2O5/c1-17-11-21(39-20-7-9-37-10-8-20)12-18(2)30(17)22-3-5-25(32)31-23(22)4-6-26(31)34-28-14-27-24(15-33-28)19(16-38-27)13-29(35)36/h3,5,11-12,14-15,19-20,26H,4,6-10,13,16H2,1-2H3,(H,33,34)(H,35,36)/t19?,26-/m1/s1. The van der Waals surface area contributed by atoms with Crippen molar-refractivity contribution in [1.82, 2.24) is 4.98 Å². The first-order valence-corrected chi connectivity index (χ1v) is 13.7. The first kappa shape index (κ1) is 25.6. The average Bonchev–Trinajstić information content (AvgIpc) is 3.50. The number of benzene rings is 2. The molecular formula is C31H33FN2O5. The molecule has 204 valence electrons. The zero-order valence-electron chi connectivity index (χ0n) is 22.3. The SMILES string of the molecule is Cc1cc(OC2CCOCC2)cc(C)c1-c1ccc(F)c2c1CC[C@H]2Nc1cc2c(cn1)C(CC(=O)O)CO2. The number of carbonyl (C=O) groups is 1. The molecule has 1 fully saturated rings. The van der Waals surface area contributed by atoms with Crippen molar-refractivity contribution in [1.29, 1.82) is 0 Å². The normalized spacial score (nSPS) is 20.3. The second-order valence-electron chi connectivity index (χ2n) is 10.8. The van der Waals surface area contributed by atoms with Gasteiger partial charge in [-0.3, -0.25) is 4.79 Å². The van der Waals surface area contributed by atoms with Gasteiger partial charge in [0.2, 0.25) is 0 Å². The largest absolute Gasteiger partial charge is 0.492 e. The first-order valence-electron chi connectivity index (χ1n) is 13.7. The van der Waals surface area contributed by atoms with Gasteiger partial charge < -0.3 is 24.6 Å². The molecule has 2 aliphatic heterocycles. The van der Waals surface area contributed by atoms with Crippen molar-refractivity contribution in [3.05, 3.63) is 70.2 Å². The summed E-state index contributed by atoms with van der Waals surface area (Å²) >= 11 is 0. The maximum atomic E-state index is 15.3. The maximum Gasteiger partial charge on any atom is 0.304 e. The van der Waals surface area contributed by atoms with Gasteiger partial charge in [-0.2, -0.15) is 0 Å². The van der Waals surface area contributed by atoms with E-state index in [1.165, 1.54) is 0 Å². The Kier molecular flexibility index (Phi) is 6.89. The third-order valence-corrected chi connectivity index (χ3v) is 8.10. The minimum atomic E-state index is -0.862. The van der Waals surface area contributed by atoms with Crippen LogP contribution in [-0.2, 0) is 16.0 Å². The monoisotopic (exact) mass is 532 g/mol. The van der Waals surface area contributed by atoms with Gasteiger partial charge >= 0.3 is 5.97 Å². The second-order valence-corrected chi connectivity index (χ2v) is 10.8. The molecule has 0 saturated carbocycles. The minimum absolute atomic E-state index is 0.00687. The van der Waals surface area contributed by atoms with Crippen LogP contribution in [0.3, 0.4) is 0 Å². The van der Waals surface area contributed by atoms with Crippen LogP contribution < -0.4 is 14.8 Å². The van der Waals surface area contributed by atoms with Gasteiger partial charge in [0.15, 0.2) is 0 Å². The number of carboxylic acid groups (broad SMARTS) is 1. The van der Waals surface area contributed by atoms with E-state index >= 15 is 4.39 Å². The number of ether oxygens (including phenoxy) is 3. The lowest BCUT2D eigenvalue weighted by Crippen LogP contribution is -2.25. The van der Waals surface area contributed by atoms with Gasteiger partial charge in [0, 0.05) is 42.1 Å². The van der Waals surface area contributed by atoms with E-state index < -0.39 is 5.97 Å². The van der Waals surface area contributed by atoms with Crippen molar-refractivity contribution in [2.75, 3.05) is 25.1 Å². The summed E-state index contributed by atoms with van der Waals surface area (Å²) in [6.45, 7) is 5.97. The van der Waals surface area contributed by atoms with Crippen LogP contribution in [0, 0.1) is 19.7 Å². The van der Waals surface area contributed by atoms with Gasteiger partial charge in [0.1, 0.15) is 29.2 Å². The highest BCUT2D eigenvalue weighted by atomic mass is 19.1. The third-order valence-electron chi connectivity index (χ3n) is 8.10. The van der Waals surface area contributed by atoms with E-state index in [1.54, 1.807) is 18.3 Å². The molecule has 3 aliphatic rings. The molecule has 2 N–H and O–H groups in total. The molecule has 6 rings (SSSR count). The lowest BCUT2D eigenvalue weighted by molar-refractivity contribution is -0.137. The number of rotatable bonds is 7. The molecule has 1 saturated heterocycles. The number of fused-ring (bicyclic) bond motifs is 2. The van der Waals surface area contributed by atoms with Gasteiger partial charge in [-0.1, -0.05) is 6.07 Å². The summed E-state index contributed by atoms with van der Waals surface area (Å²) in [5, 5.41) is 12.6. The zero-order valence-corrected chi connectivity index (χ0v) is 22.3. The molecule has 8 heteroatoms. The highest BCUT2D eigenvalue weighted by molar-refractivity contribution is 5.77. The van der Waals surface area contributed by atoms with Crippen LogP contribution in [0.1, 0.15) is 65.5 Å². The quantitative estimate of drug-likeness (QED) is 0.379. The Labute approximate surface area is 227 Å². The molecule has 1 aromatic heterocycles. The summed E-state index contributed by atoms with van der Waals surface area (Å²) in [4.78, 5) is 15.7. The molecule has 0 spiro atoms. The molecule has 0 amide bonds. The lowest BCUT2D eigenvalue weighted by Gasteiger charge is -2.24. The molecule has 7 nitrogen and oxygen atoms in total. The topological polar surface area (TPSA) is 89.9 Å². The van der Waals surface area contributed by atoms with Crippen molar-refractivity contribution < 1.29 is 28.5 Å². The summed E-state index contributed by atoms with van der Waals surface area (Å²) < 4.78 is 32.7. The zero-order chi connectivity index (χ0) is 27.1. The van der Waals surface area contributed by atoms with Gasteiger partial charge in [-0.25, -0.2) is 9.37 Å². The van der Waals surface area contributed by atoms with Crippen molar-refractivity contribution in [2.24, 2.45) is 0 Å². The lowest BCUT2D eigenvalue weighted by atomic mass is 9.90. The van der Waals surface area contributed by atoms with Crippen LogP contribution in [0.25, 0.3) is 11.1 Å². The number of aryl methyl sites for hydroxylation is 2. The summed E-state index contributed by atoms with van der Waals surface area (Å²) in [5.74, 6) is 0.812. The third kappa shape index (κ3) is 5.05. The molecule has 2 atom stereocenters. The molecule has 1 unspecified atom stereocenters. The Bertz CT molecular complexity index is 1400. The van der Waals surface area contributed by atoms with E-state index in [1.807, 2.05) is 6.07 Å². The van der Waals surface area contributed by atoms with E-state index in [0.29, 0.717) is 23.7 Å². The number of hydrogen-bond donors (Lipinski definition) is 2. The minimum Gasteiger partial charge on any atom is -0.492 e. The molecule has 0 radical (unpaired) electrons. The van der Waals surface area contributed by atoms with Gasteiger partial charge in [-0.05, 0) is 72.7 Å². The van der Waals surface area contributed by atoms with E-state index in [9.17, 15) is 4.79 Å². The fourth-order valence-corrected chi connectivity index (χ4v) is 6.29. The Morgan fingerprint density at radius 2 is 1.92 bits per heavy atom. The maximum absolute atomic E-state index is 15.3. The van der Waals surface area contributed by atoms with Gasteiger partial charge in [0.05, 0.1) is 32.3 Å². The molecule has 3 aromatic rings. The number of nitrogens with zero attached hydrogens (tertiary/aromatic N) is 1. The van der Waals surface area contributed by atoms with Crippen LogP contribution >= 0.6 is 0 Å². The summed E-state index contributed by atoms with van der Waals surface area (Å²) in [6.07, 6.45) is 5.15. The van der Waals surface area contributed by atoms with Crippen LogP contribution in [0.2, 0.25) is 0 Å². The Morgan fingerprint density at radius 1 is 1.15 bits per heavy atom. The summed E-state index contributed by atoms with van der Waals surface area (Å²) in [6, 6.07) is 9.21. The predicted octanol–water partition coefficient (Wildman–Crippen LogP) is 6.11. The molecule has 39 heavy (non-hydrogen) atoms. The van der Waals surface area contributed by atoms with Gasteiger partial charge in [-0.15, -0.1) is 0 Å². The van der Waals surface area contributed by atoms with E-state index in [-0.39, 0.29) is 30.3 Å². The average molecular weight is 533 g/mol. The van der Waals surface area contributed by atoms with Crippen molar-refractivity contribution in [3.8, 4) is 22.6 Å². The molecule has 1 aliphatic carbocycles. The van der Waals surface area contributed by atoms with E-state index in [4.69, 9.17) is 19.3 Å². The Balaban J connectivity index is 1.25. The number of aromatic nitrogens is 1. The number of pyridine rings is 1. The van der Waals surface area contributed by atoms with Crippen LogP contribution in [0.15, 0.2) is 36.5 Å². The van der Waals surface area contributed by atoms with E-state index in [2.05, 4.69) is 36.3 Å². The summed E-state index contributed by atoms with van der Waals surface area (Å²) in [5.41, 5.74) is 6.91. The smallest absolute Gasteiger partial charge is 0.304 e. The van der Waals surface area contributed by atoms with Crippen molar-refractivity contribution in [3.63, 3.8) is 0 Å².